The molecule has 4 heteroatoms. The SMILES string of the molecule is COc1ccc(C)c2c1NC(=O)CCC2N. The maximum absolute atomic E-state index is 11.5. The summed E-state index contributed by atoms with van der Waals surface area (Å²) >= 11 is 0. The van der Waals surface area contributed by atoms with E-state index in [9.17, 15) is 4.79 Å². The molecule has 1 atom stereocenters. The number of nitrogens with two attached hydrogens (primary N) is 1. The van der Waals surface area contributed by atoms with Crippen LogP contribution >= 0.6 is 0 Å². The molecule has 1 heterocycles. The summed E-state index contributed by atoms with van der Waals surface area (Å²) in [6.07, 6.45) is 1.13. The summed E-state index contributed by atoms with van der Waals surface area (Å²) in [4.78, 5) is 11.5. The quantitative estimate of drug-likeness (QED) is 0.757. The Hall–Kier alpha value is -1.55. The van der Waals surface area contributed by atoms with Gasteiger partial charge in [-0.05, 0) is 30.5 Å². The number of hydrogen-bond donors (Lipinski definition) is 2. The summed E-state index contributed by atoms with van der Waals surface area (Å²) in [5.74, 6) is 0.671. The molecule has 1 unspecified atom stereocenters. The van der Waals surface area contributed by atoms with Crippen LogP contribution in [0.2, 0.25) is 0 Å². The Morgan fingerprint density at radius 1 is 1.50 bits per heavy atom. The number of rotatable bonds is 1. The highest BCUT2D eigenvalue weighted by molar-refractivity contribution is 5.94. The summed E-state index contributed by atoms with van der Waals surface area (Å²) in [6, 6.07) is 3.71. The van der Waals surface area contributed by atoms with Crippen molar-refractivity contribution in [3.63, 3.8) is 0 Å². The summed E-state index contributed by atoms with van der Waals surface area (Å²) in [7, 11) is 1.59. The normalized spacial score (nSPS) is 19.7. The average Bonchev–Trinajstić information content (AvgIpc) is 2.40. The number of fused-ring (bicyclic) bond motifs is 1. The molecule has 0 aliphatic carbocycles. The topological polar surface area (TPSA) is 64.3 Å². The minimum Gasteiger partial charge on any atom is -0.495 e. The Bertz CT molecular complexity index is 429. The van der Waals surface area contributed by atoms with Gasteiger partial charge in [-0.1, -0.05) is 6.07 Å². The molecule has 1 amide bonds. The first-order chi connectivity index (χ1) is 7.63. The molecule has 2 rings (SSSR count). The first-order valence-corrected chi connectivity index (χ1v) is 5.36. The predicted molar refractivity (Wildman–Crippen MR) is 62.5 cm³/mol. The highest BCUT2D eigenvalue weighted by Crippen LogP contribution is 2.37. The Kier molecular flexibility index (Phi) is 2.83. The van der Waals surface area contributed by atoms with E-state index in [2.05, 4.69) is 5.32 Å². The van der Waals surface area contributed by atoms with E-state index in [4.69, 9.17) is 10.5 Å². The zero-order valence-corrected chi connectivity index (χ0v) is 9.54. The lowest BCUT2D eigenvalue weighted by Gasteiger charge is -2.17. The van der Waals surface area contributed by atoms with E-state index in [0.29, 0.717) is 18.6 Å². The van der Waals surface area contributed by atoms with Crippen molar-refractivity contribution < 1.29 is 9.53 Å². The van der Waals surface area contributed by atoms with Gasteiger partial charge in [-0.2, -0.15) is 0 Å². The molecular formula is C12H16N2O2. The Morgan fingerprint density at radius 3 is 2.94 bits per heavy atom. The summed E-state index contributed by atoms with van der Waals surface area (Å²) < 4.78 is 5.25. The van der Waals surface area contributed by atoms with Gasteiger partial charge < -0.3 is 15.8 Å². The van der Waals surface area contributed by atoms with Gasteiger partial charge in [0.2, 0.25) is 5.91 Å². The predicted octanol–water partition coefficient (Wildman–Crippen LogP) is 1.74. The first kappa shape index (κ1) is 11.0. The fourth-order valence-corrected chi connectivity index (χ4v) is 2.11. The molecule has 1 aliphatic heterocycles. The molecule has 1 aliphatic rings. The number of carbonyl (C=O) groups excluding carboxylic acids is 1. The number of nitrogens with one attached hydrogen (secondary N) is 1. The number of benzene rings is 1. The second-order valence-corrected chi connectivity index (χ2v) is 4.07. The van der Waals surface area contributed by atoms with E-state index < -0.39 is 0 Å². The lowest BCUT2D eigenvalue weighted by Crippen LogP contribution is -2.12. The molecule has 0 aromatic heterocycles. The van der Waals surface area contributed by atoms with Crippen molar-refractivity contribution in [2.24, 2.45) is 5.73 Å². The van der Waals surface area contributed by atoms with Crippen molar-refractivity contribution in [2.45, 2.75) is 25.8 Å². The zero-order chi connectivity index (χ0) is 11.7. The lowest BCUT2D eigenvalue weighted by molar-refractivity contribution is -0.116. The van der Waals surface area contributed by atoms with E-state index in [0.717, 1.165) is 16.8 Å². The lowest BCUT2D eigenvalue weighted by atomic mass is 9.97. The molecule has 86 valence electrons. The third-order valence-corrected chi connectivity index (χ3v) is 2.96. The van der Waals surface area contributed by atoms with Gasteiger partial charge in [0.25, 0.3) is 0 Å². The van der Waals surface area contributed by atoms with Crippen molar-refractivity contribution in [3.05, 3.63) is 23.3 Å². The number of anilines is 1. The van der Waals surface area contributed by atoms with Crippen LogP contribution in [0.4, 0.5) is 5.69 Å². The number of methoxy groups -OCH3 is 1. The van der Waals surface area contributed by atoms with E-state index >= 15 is 0 Å². The largest absolute Gasteiger partial charge is 0.495 e. The van der Waals surface area contributed by atoms with Gasteiger partial charge in [-0.15, -0.1) is 0 Å². The van der Waals surface area contributed by atoms with E-state index in [1.54, 1.807) is 7.11 Å². The standard InChI is InChI=1S/C12H16N2O2/c1-7-3-5-9(16-2)12-11(7)8(13)4-6-10(15)14-12/h3,5,8H,4,6,13H2,1-2H3,(H,14,15). The van der Waals surface area contributed by atoms with Gasteiger partial charge in [0, 0.05) is 12.5 Å². The number of hydrogen-bond acceptors (Lipinski definition) is 3. The molecule has 0 saturated heterocycles. The van der Waals surface area contributed by atoms with Gasteiger partial charge >= 0.3 is 0 Å². The highest BCUT2D eigenvalue weighted by atomic mass is 16.5. The van der Waals surface area contributed by atoms with Crippen LogP contribution in [0, 0.1) is 6.92 Å². The first-order valence-electron chi connectivity index (χ1n) is 5.36. The Morgan fingerprint density at radius 2 is 2.25 bits per heavy atom. The van der Waals surface area contributed by atoms with Crippen molar-refractivity contribution in [3.8, 4) is 5.75 Å². The minimum atomic E-state index is -0.107. The van der Waals surface area contributed by atoms with Gasteiger partial charge in [-0.25, -0.2) is 0 Å². The number of amides is 1. The Labute approximate surface area is 94.8 Å². The second kappa shape index (κ2) is 4.14. The van der Waals surface area contributed by atoms with Crippen molar-refractivity contribution in [2.75, 3.05) is 12.4 Å². The van der Waals surface area contributed by atoms with Gasteiger partial charge in [0.15, 0.2) is 0 Å². The van der Waals surface area contributed by atoms with Crippen LogP contribution in [-0.2, 0) is 4.79 Å². The molecule has 1 aromatic carbocycles. The molecule has 0 spiro atoms. The molecule has 3 N–H and O–H groups in total. The average molecular weight is 220 g/mol. The molecule has 0 saturated carbocycles. The van der Waals surface area contributed by atoms with Crippen LogP contribution in [0.5, 0.6) is 5.75 Å². The number of carbonyl (C=O) groups is 1. The van der Waals surface area contributed by atoms with Gasteiger partial charge in [-0.3, -0.25) is 4.79 Å². The summed E-state index contributed by atoms with van der Waals surface area (Å²) in [5, 5.41) is 2.87. The molecule has 4 nitrogen and oxygen atoms in total. The molecule has 1 aromatic rings. The van der Waals surface area contributed by atoms with Crippen molar-refractivity contribution in [1.29, 1.82) is 0 Å². The molecule has 0 fully saturated rings. The van der Waals surface area contributed by atoms with Crippen LogP contribution in [-0.4, -0.2) is 13.0 Å². The monoisotopic (exact) mass is 220 g/mol. The summed E-state index contributed by atoms with van der Waals surface area (Å²) in [5.41, 5.74) is 8.90. The van der Waals surface area contributed by atoms with Gasteiger partial charge in [0.05, 0.1) is 12.8 Å². The summed E-state index contributed by atoms with van der Waals surface area (Å²) in [6.45, 7) is 2.00. The molecule has 16 heavy (non-hydrogen) atoms. The molecule has 0 radical (unpaired) electrons. The fraction of sp³-hybridized carbons (Fsp3) is 0.417. The third-order valence-electron chi connectivity index (χ3n) is 2.96. The van der Waals surface area contributed by atoms with E-state index in [1.165, 1.54) is 0 Å². The van der Waals surface area contributed by atoms with Crippen LogP contribution in [0.1, 0.15) is 30.0 Å². The van der Waals surface area contributed by atoms with E-state index in [1.807, 2.05) is 19.1 Å². The molecule has 0 bridgehead atoms. The highest BCUT2D eigenvalue weighted by Gasteiger charge is 2.23. The van der Waals surface area contributed by atoms with Crippen LogP contribution in [0.25, 0.3) is 0 Å². The Balaban J connectivity index is 2.60. The number of aryl methyl sites for hydroxylation is 1. The molecular weight excluding hydrogens is 204 g/mol. The van der Waals surface area contributed by atoms with Crippen LogP contribution in [0.3, 0.4) is 0 Å². The third kappa shape index (κ3) is 1.76. The van der Waals surface area contributed by atoms with Gasteiger partial charge in [0.1, 0.15) is 5.75 Å². The van der Waals surface area contributed by atoms with Crippen LogP contribution < -0.4 is 15.8 Å². The number of ether oxygens (including phenoxy) is 1. The van der Waals surface area contributed by atoms with Crippen LogP contribution in [0.15, 0.2) is 12.1 Å². The maximum Gasteiger partial charge on any atom is 0.224 e. The van der Waals surface area contributed by atoms with E-state index in [-0.39, 0.29) is 11.9 Å². The van der Waals surface area contributed by atoms with Crippen molar-refractivity contribution in [1.82, 2.24) is 0 Å². The second-order valence-electron chi connectivity index (χ2n) is 4.07. The maximum atomic E-state index is 11.5. The minimum absolute atomic E-state index is 0.00176. The zero-order valence-electron chi connectivity index (χ0n) is 9.54. The smallest absolute Gasteiger partial charge is 0.224 e. The van der Waals surface area contributed by atoms with Crippen molar-refractivity contribution >= 4 is 11.6 Å². The fourth-order valence-electron chi connectivity index (χ4n) is 2.11.